The van der Waals surface area contributed by atoms with Gasteiger partial charge in [-0.05, 0) is 17.8 Å². The van der Waals surface area contributed by atoms with Crippen LogP contribution in [0.1, 0.15) is 146 Å². The van der Waals surface area contributed by atoms with Crippen LogP contribution >= 0.6 is 0 Å². The van der Waals surface area contributed by atoms with Gasteiger partial charge in [-0.25, -0.2) is 0 Å². The Kier molecular flexibility index (Phi) is 31.2. The van der Waals surface area contributed by atoms with Gasteiger partial charge in [0.25, 0.3) is 0 Å². The molecule has 1 unspecified atom stereocenters. The van der Waals surface area contributed by atoms with Crippen LogP contribution in [0.4, 0.5) is 0 Å². The molecule has 0 fully saturated rings. The third kappa shape index (κ3) is 24.0. The maximum Gasteiger partial charge on any atom is -0.0417 e. The summed E-state index contributed by atoms with van der Waals surface area (Å²) in [5.74, 6) is 2.98. The normalized spacial score (nSPS) is 11.6. The molecule has 0 bridgehead atoms. The van der Waals surface area contributed by atoms with Crippen LogP contribution in [0.5, 0.6) is 0 Å². The summed E-state index contributed by atoms with van der Waals surface area (Å²) >= 11 is 0. The van der Waals surface area contributed by atoms with Crippen LogP contribution in [0.25, 0.3) is 0 Å². The fourth-order valence-corrected chi connectivity index (χ4v) is 3.35. The minimum atomic E-state index is 0.986. The molecule has 0 N–H and O–H groups in total. The third-order valence-electron chi connectivity index (χ3n) is 5.85. The first-order chi connectivity index (χ1) is 12.0. The molecule has 0 aromatic rings. The molecule has 0 aliphatic rings. The van der Waals surface area contributed by atoms with Gasteiger partial charge in [0.05, 0.1) is 0 Å². The SMILES string of the molecule is CCC(CC)CC.CCCC(CC)CCC(CC)CC.CCCCC. The fraction of sp³-hybridized carbons (Fsp3) is 1.00. The smallest absolute Gasteiger partial charge is 0.0417 e. The Morgan fingerprint density at radius 3 is 0.920 bits per heavy atom. The first-order valence-corrected chi connectivity index (χ1v) is 12.0. The van der Waals surface area contributed by atoms with E-state index in [1.807, 2.05) is 0 Å². The molecule has 0 saturated heterocycles. The molecule has 0 aliphatic carbocycles. The Bertz CT molecular complexity index is 181. The molecule has 0 radical (unpaired) electrons. The molecule has 0 heteroatoms. The third-order valence-corrected chi connectivity index (χ3v) is 5.85. The summed E-state index contributed by atoms with van der Waals surface area (Å²) in [6.45, 7) is 20.5. The molecular weight excluding hydrogens is 300 g/mol. The van der Waals surface area contributed by atoms with E-state index in [0.29, 0.717) is 0 Å². The van der Waals surface area contributed by atoms with Crippen LogP contribution in [-0.4, -0.2) is 0 Å². The zero-order valence-electron chi connectivity index (χ0n) is 19.9. The average Bonchev–Trinajstić information content (AvgIpc) is 2.64. The minimum absolute atomic E-state index is 0.986. The van der Waals surface area contributed by atoms with Crippen molar-refractivity contribution in [3.8, 4) is 0 Å². The molecule has 0 rings (SSSR count). The van der Waals surface area contributed by atoms with Crippen molar-refractivity contribution >= 4 is 0 Å². The lowest BCUT2D eigenvalue weighted by Crippen LogP contribution is -2.03. The van der Waals surface area contributed by atoms with Crippen molar-refractivity contribution in [2.24, 2.45) is 17.8 Å². The minimum Gasteiger partial charge on any atom is -0.0654 e. The van der Waals surface area contributed by atoms with Crippen LogP contribution in [-0.2, 0) is 0 Å². The van der Waals surface area contributed by atoms with Gasteiger partial charge in [0.1, 0.15) is 0 Å². The highest BCUT2D eigenvalue weighted by atomic mass is 14.1. The summed E-state index contributed by atoms with van der Waals surface area (Å²) in [5.41, 5.74) is 0. The lowest BCUT2D eigenvalue weighted by atomic mass is 9.89. The maximum absolute atomic E-state index is 2.34. The molecular formula is C25H56. The molecule has 25 heavy (non-hydrogen) atoms. The largest absolute Gasteiger partial charge is 0.0654 e. The molecule has 0 aromatic carbocycles. The summed E-state index contributed by atoms with van der Waals surface area (Å²) in [6, 6.07) is 0. The van der Waals surface area contributed by atoms with Gasteiger partial charge in [-0.1, -0.05) is 146 Å². The van der Waals surface area contributed by atoms with Crippen molar-refractivity contribution in [1.29, 1.82) is 0 Å². The van der Waals surface area contributed by atoms with Gasteiger partial charge in [0, 0.05) is 0 Å². The van der Waals surface area contributed by atoms with Crippen molar-refractivity contribution in [3.05, 3.63) is 0 Å². The summed E-state index contributed by atoms with van der Waals surface area (Å²) in [5, 5.41) is 0. The number of unbranched alkanes of at least 4 members (excludes halogenated alkanes) is 2. The summed E-state index contributed by atoms with van der Waals surface area (Å²) < 4.78 is 0. The fourth-order valence-electron chi connectivity index (χ4n) is 3.35. The highest BCUT2D eigenvalue weighted by Gasteiger charge is 2.08. The maximum atomic E-state index is 2.34. The van der Waals surface area contributed by atoms with Crippen molar-refractivity contribution < 1.29 is 0 Å². The van der Waals surface area contributed by atoms with E-state index in [2.05, 4.69) is 62.3 Å². The van der Waals surface area contributed by atoms with Crippen LogP contribution in [0.3, 0.4) is 0 Å². The lowest BCUT2D eigenvalue weighted by Gasteiger charge is -2.17. The number of hydrogen-bond donors (Lipinski definition) is 0. The van der Waals surface area contributed by atoms with E-state index in [4.69, 9.17) is 0 Å². The predicted octanol–water partition coefficient (Wildman–Crippen LogP) is 10.1. The van der Waals surface area contributed by atoms with E-state index in [-0.39, 0.29) is 0 Å². The van der Waals surface area contributed by atoms with E-state index < -0.39 is 0 Å². The van der Waals surface area contributed by atoms with Gasteiger partial charge in [-0.2, -0.15) is 0 Å². The van der Waals surface area contributed by atoms with Crippen molar-refractivity contribution in [2.45, 2.75) is 146 Å². The van der Waals surface area contributed by atoms with Gasteiger partial charge in [-0.15, -0.1) is 0 Å². The van der Waals surface area contributed by atoms with E-state index in [0.717, 1.165) is 17.8 Å². The molecule has 156 valence electrons. The highest BCUT2D eigenvalue weighted by Crippen LogP contribution is 2.23. The molecule has 0 aromatic heterocycles. The first kappa shape index (κ1) is 29.8. The van der Waals surface area contributed by atoms with Crippen LogP contribution in [0.2, 0.25) is 0 Å². The molecule has 0 nitrogen and oxygen atoms in total. The quantitative estimate of drug-likeness (QED) is 0.308. The van der Waals surface area contributed by atoms with Crippen molar-refractivity contribution in [1.82, 2.24) is 0 Å². The molecule has 0 heterocycles. The number of rotatable bonds is 13. The predicted molar refractivity (Wildman–Crippen MR) is 122 cm³/mol. The first-order valence-electron chi connectivity index (χ1n) is 12.0. The summed E-state index contributed by atoms with van der Waals surface area (Å²) in [4.78, 5) is 0. The molecule has 0 aliphatic heterocycles. The highest BCUT2D eigenvalue weighted by molar-refractivity contribution is 4.61. The Morgan fingerprint density at radius 1 is 0.360 bits per heavy atom. The van der Waals surface area contributed by atoms with Gasteiger partial charge in [0.15, 0.2) is 0 Å². The van der Waals surface area contributed by atoms with Crippen molar-refractivity contribution in [3.63, 3.8) is 0 Å². The van der Waals surface area contributed by atoms with E-state index >= 15 is 0 Å². The molecule has 0 saturated carbocycles. The Morgan fingerprint density at radius 2 is 0.720 bits per heavy atom. The van der Waals surface area contributed by atoms with Crippen LogP contribution < -0.4 is 0 Å². The summed E-state index contributed by atoms with van der Waals surface area (Å²) in [7, 11) is 0. The molecule has 0 amide bonds. The molecule has 0 spiro atoms. The van der Waals surface area contributed by atoms with Gasteiger partial charge in [-0.3, -0.25) is 0 Å². The van der Waals surface area contributed by atoms with Gasteiger partial charge in [0.2, 0.25) is 0 Å². The van der Waals surface area contributed by atoms with Gasteiger partial charge < -0.3 is 0 Å². The Balaban J connectivity index is -0.000000337. The van der Waals surface area contributed by atoms with Crippen molar-refractivity contribution in [2.75, 3.05) is 0 Å². The lowest BCUT2D eigenvalue weighted by molar-refractivity contribution is 0.353. The Labute approximate surface area is 164 Å². The zero-order chi connectivity index (χ0) is 19.9. The summed E-state index contributed by atoms with van der Waals surface area (Å²) in [6.07, 6.45) is 18.0. The Hall–Kier alpha value is 0. The second-order valence-corrected chi connectivity index (χ2v) is 7.77. The number of hydrogen-bond acceptors (Lipinski definition) is 0. The second-order valence-electron chi connectivity index (χ2n) is 7.77. The van der Waals surface area contributed by atoms with Crippen LogP contribution in [0.15, 0.2) is 0 Å². The van der Waals surface area contributed by atoms with E-state index in [1.54, 1.807) is 0 Å². The molecule has 1 atom stereocenters. The monoisotopic (exact) mass is 356 g/mol. The second kappa shape index (κ2) is 26.2. The van der Waals surface area contributed by atoms with Crippen LogP contribution in [0, 0.1) is 17.8 Å². The van der Waals surface area contributed by atoms with E-state index in [9.17, 15) is 0 Å². The van der Waals surface area contributed by atoms with E-state index in [1.165, 1.54) is 83.5 Å². The topological polar surface area (TPSA) is 0 Å². The average molecular weight is 357 g/mol. The standard InChI is InChI=1S/C13H28.C7H16.C5H12/c1-5-9-13(8-4)11-10-12(6-2)7-3;1-4-7(5-2)6-3;1-3-5-4-2/h12-13H,5-11H2,1-4H3;7H,4-6H2,1-3H3;3-5H2,1-2H3. The zero-order valence-corrected chi connectivity index (χ0v) is 19.9. The van der Waals surface area contributed by atoms with Gasteiger partial charge >= 0.3 is 0 Å².